The number of ether oxygens (including phenoxy) is 1. The van der Waals surface area contributed by atoms with Crippen LogP contribution in [0.15, 0.2) is 36.5 Å². The second-order valence-corrected chi connectivity index (χ2v) is 4.65. The van der Waals surface area contributed by atoms with Crippen molar-refractivity contribution in [3.8, 4) is 5.75 Å². The number of rotatable bonds is 6. The Hall–Kier alpha value is -1.81. The van der Waals surface area contributed by atoms with E-state index in [1.165, 1.54) is 5.56 Å². The number of hydrogen-bond acceptors (Lipinski definition) is 3. The van der Waals surface area contributed by atoms with Gasteiger partial charge >= 0.3 is 0 Å². The Morgan fingerprint density at radius 2 is 2.11 bits per heavy atom. The molecule has 0 bridgehead atoms. The fraction of sp³-hybridized carbons (Fsp3) is 0.400. The summed E-state index contributed by atoms with van der Waals surface area (Å²) in [6.07, 6.45) is 2.90. The maximum absolute atomic E-state index is 5.38. The molecule has 0 amide bonds. The van der Waals surface area contributed by atoms with Crippen LogP contribution < -0.4 is 10.1 Å². The van der Waals surface area contributed by atoms with Crippen LogP contribution in [0.25, 0.3) is 0 Å². The fourth-order valence-electron chi connectivity index (χ4n) is 2.15. The van der Waals surface area contributed by atoms with Gasteiger partial charge < -0.3 is 10.1 Å². The Morgan fingerprint density at radius 1 is 1.32 bits per heavy atom. The highest BCUT2D eigenvalue weighted by Gasteiger charge is 2.09. The maximum atomic E-state index is 5.38. The number of nitrogens with one attached hydrogen (secondary N) is 1. The lowest BCUT2D eigenvalue weighted by atomic mass is 10.1. The summed E-state index contributed by atoms with van der Waals surface area (Å²) in [5.41, 5.74) is 2.30. The number of hydrogen-bond donors (Lipinski definition) is 1. The molecule has 4 heteroatoms. The molecule has 4 nitrogen and oxygen atoms in total. The van der Waals surface area contributed by atoms with Gasteiger partial charge in [0.25, 0.3) is 0 Å². The van der Waals surface area contributed by atoms with Crippen molar-refractivity contribution in [1.29, 1.82) is 0 Å². The highest BCUT2D eigenvalue weighted by atomic mass is 16.5. The molecule has 1 N–H and O–H groups in total. The standard InChI is InChI=1S/C15H21N3O/c1-12(14-6-4-5-7-15(14)19-3)16-10-8-13-9-11-18(2)17-13/h4-7,9,11-12,16H,8,10H2,1-3H3. The van der Waals surface area contributed by atoms with Crippen molar-refractivity contribution >= 4 is 0 Å². The van der Waals surface area contributed by atoms with Gasteiger partial charge in [0, 0.05) is 37.8 Å². The van der Waals surface area contributed by atoms with Crippen molar-refractivity contribution in [1.82, 2.24) is 15.1 Å². The number of aromatic nitrogens is 2. The molecule has 1 aromatic carbocycles. The van der Waals surface area contributed by atoms with Crippen LogP contribution in [0.1, 0.15) is 24.2 Å². The van der Waals surface area contributed by atoms with Gasteiger partial charge in [0.15, 0.2) is 0 Å². The first kappa shape index (κ1) is 13.6. The zero-order valence-electron chi connectivity index (χ0n) is 11.8. The highest BCUT2D eigenvalue weighted by Crippen LogP contribution is 2.24. The highest BCUT2D eigenvalue weighted by molar-refractivity contribution is 5.35. The summed E-state index contributed by atoms with van der Waals surface area (Å²) >= 11 is 0. The monoisotopic (exact) mass is 259 g/mol. The summed E-state index contributed by atoms with van der Waals surface area (Å²) in [6, 6.07) is 10.4. The van der Waals surface area contributed by atoms with Crippen molar-refractivity contribution in [2.24, 2.45) is 7.05 Å². The first-order valence-corrected chi connectivity index (χ1v) is 6.55. The Bertz CT molecular complexity index is 522. The summed E-state index contributed by atoms with van der Waals surface area (Å²) in [4.78, 5) is 0. The van der Waals surface area contributed by atoms with Crippen LogP contribution in [0.4, 0.5) is 0 Å². The van der Waals surface area contributed by atoms with Gasteiger partial charge in [-0.3, -0.25) is 4.68 Å². The normalized spacial score (nSPS) is 12.4. The van der Waals surface area contributed by atoms with Crippen LogP contribution in [0.3, 0.4) is 0 Å². The Morgan fingerprint density at radius 3 is 2.79 bits per heavy atom. The molecule has 102 valence electrons. The van der Waals surface area contributed by atoms with Gasteiger partial charge in [-0.15, -0.1) is 0 Å². The lowest BCUT2D eigenvalue weighted by molar-refractivity contribution is 0.402. The molecule has 2 rings (SSSR count). The van der Waals surface area contributed by atoms with Gasteiger partial charge in [-0.25, -0.2) is 0 Å². The van der Waals surface area contributed by atoms with E-state index in [4.69, 9.17) is 4.74 Å². The number of para-hydroxylation sites is 1. The minimum Gasteiger partial charge on any atom is -0.496 e. The third-order valence-electron chi connectivity index (χ3n) is 3.21. The van der Waals surface area contributed by atoms with Gasteiger partial charge in [-0.05, 0) is 19.1 Å². The topological polar surface area (TPSA) is 39.1 Å². The lowest BCUT2D eigenvalue weighted by Gasteiger charge is -2.16. The zero-order chi connectivity index (χ0) is 13.7. The van der Waals surface area contributed by atoms with Crippen LogP contribution in [-0.4, -0.2) is 23.4 Å². The van der Waals surface area contributed by atoms with Crippen LogP contribution >= 0.6 is 0 Å². The minimum absolute atomic E-state index is 0.264. The quantitative estimate of drug-likeness (QED) is 0.865. The first-order chi connectivity index (χ1) is 9.20. The minimum atomic E-state index is 0.264. The van der Waals surface area contributed by atoms with E-state index in [-0.39, 0.29) is 6.04 Å². The molecule has 0 aliphatic rings. The van der Waals surface area contributed by atoms with Crippen LogP contribution in [-0.2, 0) is 13.5 Å². The molecule has 0 radical (unpaired) electrons. The number of benzene rings is 1. The molecular weight excluding hydrogens is 238 g/mol. The summed E-state index contributed by atoms with van der Waals surface area (Å²) < 4.78 is 7.21. The third kappa shape index (κ3) is 3.58. The Kier molecular flexibility index (Phi) is 4.58. The Labute approximate surface area is 114 Å². The molecule has 1 unspecified atom stereocenters. The van der Waals surface area contributed by atoms with E-state index < -0.39 is 0 Å². The molecule has 1 atom stereocenters. The predicted molar refractivity (Wildman–Crippen MR) is 76.3 cm³/mol. The smallest absolute Gasteiger partial charge is 0.123 e. The summed E-state index contributed by atoms with van der Waals surface area (Å²) in [7, 11) is 3.65. The second-order valence-electron chi connectivity index (χ2n) is 4.65. The first-order valence-electron chi connectivity index (χ1n) is 6.55. The van der Waals surface area contributed by atoms with E-state index in [1.807, 2.05) is 36.1 Å². The predicted octanol–water partition coefficient (Wildman–Crippen LogP) is 2.32. The average molecular weight is 259 g/mol. The molecule has 0 saturated carbocycles. The maximum Gasteiger partial charge on any atom is 0.123 e. The summed E-state index contributed by atoms with van der Waals surface area (Å²) in [6.45, 7) is 3.05. The molecule has 0 fully saturated rings. The molecule has 19 heavy (non-hydrogen) atoms. The van der Waals surface area contributed by atoms with Crippen molar-refractivity contribution in [2.75, 3.05) is 13.7 Å². The van der Waals surface area contributed by atoms with Crippen molar-refractivity contribution < 1.29 is 4.74 Å². The molecule has 0 spiro atoms. The molecular formula is C15H21N3O. The third-order valence-corrected chi connectivity index (χ3v) is 3.21. The van der Waals surface area contributed by atoms with E-state index in [1.54, 1.807) is 7.11 Å². The number of methoxy groups -OCH3 is 1. The second kappa shape index (κ2) is 6.38. The lowest BCUT2D eigenvalue weighted by Crippen LogP contribution is -2.22. The van der Waals surface area contributed by atoms with Gasteiger partial charge in [-0.2, -0.15) is 5.10 Å². The molecule has 1 heterocycles. The average Bonchev–Trinajstić information content (AvgIpc) is 2.84. The van der Waals surface area contributed by atoms with Crippen LogP contribution in [0, 0.1) is 0 Å². The van der Waals surface area contributed by atoms with Crippen molar-refractivity contribution in [3.63, 3.8) is 0 Å². The van der Waals surface area contributed by atoms with Crippen molar-refractivity contribution in [3.05, 3.63) is 47.8 Å². The van der Waals surface area contributed by atoms with Gasteiger partial charge in [0.2, 0.25) is 0 Å². The van der Waals surface area contributed by atoms with Crippen LogP contribution in [0.5, 0.6) is 5.75 Å². The Balaban J connectivity index is 1.88. The van der Waals surface area contributed by atoms with E-state index >= 15 is 0 Å². The summed E-state index contributed by atoms with van der Waals surface area (Å²) in [5, 5.41) is 7.87. The number of nitrogens with zero attached hydrogens (tertiary/aromatic N) is 2. The van der Waals surface area contributed by atoms with Gasteiger partial charge in [0.05, 0.1) is 12.8 Å². The fourth-order valence-corrected chi connectivity index (χ4v) is 2.15. The van der Waals surface area contributed by atoms with Crippen LogP contribution in [0.2, 0.25) is 0 Å². The SMILES string of the molecule is COc1ccccc1C(C)NCCc1ccn(C)n1. The largest absolute Gasteiger partial charge is 0.496 e. The van der Waals surface area contributed by atoms with Crippen molar-refractivity contribution in [2.45, 2.75) is 19.4 Å². The van der Waals surface area contributed by atoms with E-state index in [0.717, 1.165) is 24.4 Å². The van der Waals surface area contributed by atoms with E-state index in [0.29, 0.717) is 0 Å². The molecule has 0 aliphatic carbocycles. The van der Waals surface area contributed by atoms with E-state index in [9.17, 15) is 0 Å². The molecule has 0 aliphatic heterocycles. The molecule has 2 aromatic rings. The van der Waals surface area contributed by atoms with Gasteiger partial charge in [-0.1, -0.05) is 18.2 Å². The zero-order valence-corrected chi connectivity index (χ0v) is 11.8. The molecule has 0 saturated heterocycles. The number of aryl methyl sites for hydroxylation is 1. The molecule has 1 aromatic heterocycles. The van der Waals surface area contributed by atoms with E-state index in [2.05, 4.69) is 29.5 Å². The summed E-state index contributed by atoms with van der Waals surface area (Å²) in [5.74, 6) is 0.931. The van der Waals surface area contributed by atoms with Gasteiger partial charge in [0.1, 0.15) is 5.75 Å².